The van der Waals surface area contributed by atoms with Crippen LogP contribution in [-0.4, -0.2) is 19.0 Å². The molecule has 1 aliphatic heterocycles. The van der Waals surface area contributed by atoms with Crippen molar-refractivity contribution in [3.63, 3.8) is 0 Å². The Hall–Kier alpha value is -1.35. The van der Waals surface area contributed by atoms with E-state index in [1.165, 1.54) is 18.4 Å². The summed E-state index contributed by atoms with van der Waals surface area (Å²) in [6.07, 6.45) is 3.08. The van der Waals surface area contributed by atoms with Gasteiger partial charge in [-0.15, -0.1) is 0 Å². The van der Waals surface area contributed by atoms with Gasteiger partial charge >= 0.3 is 0 Å². The molecule has 2 rings (SSSR count). The van der Waals surface area contributed by atoms with Crippen molar-refractivity contribution in [3.8, 4) is 0 Å². The topological polar surface area (TPSA) is 41.1 Å². The predicted octanol–water partition coefficient (Wildman–Crippen LogP) is 3.77. The van der Waals surface area contributed by atoms with Crippen molar-refractivity contribution >= 4 is 11.6 Å². The number of hydrogen-bond donors (Lipinski definition) is 2. The van der Waals surface area contributed by atoms with Crippen molar-refractivity contribution in [2.45, 2.75) is 46.0 Å². The average molecular weight is 288 g/mol. The van der Waals surface area contributed by atoms with E-state index in [-0.39, 0.29) is 5.91 Å². The lowest BCUT2D eigenvalue weighted by molar-refractivity contribution is -0.117. The molecular formula is C18H28N2O. The third kappa shape index (κ3) is 4.85. The number of nitrogens with one attached hydrogen (secondary N) is 2. The van der Waals surface area contributed by atoms with Gasteiger partial charge in [0.25, 0.3) is 0 Å². The second kappa shape index (κ2) is 7.60. The molecule has 2 unspecified atom stereocenters. The number of benzene rings is 1. The van der Waals surface area contributed by atoms with Crippen LogP contribution in [0.2, 0.25) is 0 Å². The average Bonchev–Trinajstić information content (AvgIpc) is 2.48. The van der Waals surface area contributed by atoms with Gasteiger partial charge in [-0.3, -0.25) is 4.79 Å². The monoisotopic (exact) mass is 288 g/mol. The molecule has 1 aromatic rings. The molecule has 0 saturated carbocycles. The van der Waals surface area contributed by atoms with Crippen molar-refractivity contribution in [3.05, 3.63) is 29.8 Å². The fraction of sp³-hybridized carbons (Fsp3) is 0.611. The van der Waals surface area contributed by atoms with E-state index in [4.69, 9.17) is 0 Å². The Morgan fingerprint density at radius 3 is 2.86 bits per heavy atom. The molecule has 1 fully saturated rings. The van der Waals surface area contributed by atoms with Gasteiger partial charge in [-0.25, -0.2) is 0 Å². The standard InChI is InChI=1S/C18H28N2O/c1-13(2)15-6-4-8-17(11-15)20-18(21)10-14(3)16-7-5-9-19-12-16/h4,6,8,11,13-14,16,19H,5,7,9-10,12H2,1-3H3,(H,20,21). The number of rotatable bonds is 5. The van der Waals surface area contributed by atoms with Crippen LogP contribution in [0, 0.1) is 11.8 Å². The molecule has 2 atom stereocenters. The summed E-state index contributed by atoms with van der Waals surface area (Å²) >= 11 is 0. The lowest BCUT2D eigenvalue weighted by Crippen LogP contribution is -2.34. The summed E-state index contributed by atoms with van der Waals surface area (Å²) in [4.78, 5) is 12.2. The highest BCUT2D eigenvalue weighted by molar-refractivity contribution is 5.90. The van der Waals surface area contributed by atoms with Crippen LogP contribution < -0.4 is 10.6 Å². The van der Waals surface area contributed by atoms with Gasteiger partial charge in [-0.2, -0.15) is 0 Å². The summed E-state index contributed by atoms with van der Waals surface area (Å²) in [6, 6.07) is 8.17. The third-order valence-corrected chi connectivity index (χ3v) is 4.48. The van der Waals surface area contributed by atoms with Crippen molar-refractivity contribution in [2.75, 3.05) is 18.4 Å². The number of piperidine rings is 1. The maximum atomic E-state index is 12.2. The second-order valence-electron chi connectivity index (χ2n) is 6.62. The van der Waals surface area contributed by atoms with Crippen LogP contribution >= 0.6 is 0 Å². The van der Waals surface area contributed by atoms with E-state index in [0.29, 0.717) is 24.2 Å². The van der Waals surface area contributed by atoms with E-state index >= 15 is 0 Å². The summed E-state index contributed by atoms with van der Waals surface area (Å²) in [6.45, 7) is 8.70. The van der Waals surface area contributed by atoms with Crippen molar-refractivity contribution in [1.82, 2.24) is 5.32 Å². The van der Waals surface area contributed by atoms with Crippen LogP contribution in [0.1, 0.15) is 51.5 Å². The zero-order chi connectivity index (χ0) is 15.2. The summed E-state index contributed by atoms with van der Waals surface area (Å²) in [5.74, 6) is 1.68. The molecule has 1 saturated heterocycles. The van der Waals surface area contributed by atoms with Crippen LogP contribution in [0.25, 0.3) is 0 Å². The highest BCUT2D eigenvalue weighted by Gasteiger charge is 2.22. The Morgan fingerprint density at radius 2 is 2.19 bits per heavy atom. The maximum absolute atomic E-state index is 12.2. The van der Waals surface area contributed by atoms with E-state index in [0.717, 1.165) is 18.8 Å². The summed E-state index contributed by atoms with van der Waals surface area (Å²) in [5, 5.41) is 6.47. The van der Waals surface area contributed by atoms with Gasteiger partial charge in [0.1, 0.15) is 0 Å². The van der Waals surface area contributed by atoms with Crippen LogP contribution in [0.4, 0.5) is 5.69 Å². The van der Waals surface area contributed by atoms with Crippen LogP contribution in [0.15, 0.2) is 24.3 Å². The Bertz CT molecular complexity index is 464. The fourth-order valence-electron chi connectivity index (χ4n) is 3.01. The summed E-state index contributed by atoms with van der Waals surface area (Å²) in [5.41, 5.74) is 2.18. The maximum Gasteiger partial charge on any atom is 0.224 e. The molecule has 0 radical (unpaired) electrons. The van der Waals surface area contributed by atoms with Crippen molar-refractivity contribution in [1.29, 1.82) is 0 Å². The predicted molar refractivity (Wildman–Crippen MR) is 88.5 cm³/mol. The minimum Gasteiger partial charge on any atom is -0.326 e. The molecule has 2 N–H and O–H groups in total. The highest BCUT2D eigenvalue weighted by atomic mass is 16.1. The van der Waals surface area contributed by atoms with Gasteiger partial charge < -0.3 is 10.6 Å². The number of carbonyl (C=O) groups is 1. The van der Waals surface area contributed by atoms with Gasteiger partial charge in [0, 0.05) is 12.1 Å². The molecule has 0 bridgehead atoms. The van der Waals surface area contributed by atoms with Crippen LogP contribution in [0.3, 0.4) is 0 Å². The van der Waals surface area contributed by atoms with Gasteiger partial charge in [0.2, 0.25) is 5.91 Å². The number of carbonyl (C=O) groups excluding carboxylic acids is 1. The minimum atomic E-state index is 0.133. The first-order valence-corrected chi connectivity index (χ1v) is 8.16. The Balaban J connectivity index is 1.87. The summed E-state index contributed by atoms with van der Waals surface area (Å²) < 4.78 is 0. The Morgan fingerprint density at radius 1 is 1.38 bits per heavy atom. The Labute approximate surface area is 128 Å². The first-order valence-electron chi connectivity index (χ1n) is 8.16. The molecule has 1 aliphatic rings. The quantitative estimate of drug-likeness (QED) is 0.866. The zero-order valence-corrected chi connectivity index (χ0v) is 13.5. The van der Waals surface area contributed by atoms with E-state index < -0.39 is 0 Å². The first kappa shape index (κ1) is 16.0. The molecule has 1 aromatic carbocycles. The van der Waals surface area contributed by atoms with Gasteiger partial charge in [-0.05, 0) is 61.4 Å². The lowest BCUT2D eigenvalue weighted by Gasteiger charge is -2.28. The van der Waals surface area contributed by atoms with E-state index in [1.807, 2.05) is 12.1 Å². The van der Waals surface area contributed by atoms with Gasteiger partial charge in [-0.1, -0.05) is 32.9 Å². The van der Waals surface area contributed by atoms with E-state index in [1.54, 1.807) is 0 Å². The van der Waals surface area contributed by atoms with Crippen LogP contribution in [0.5, 0.6) is 0 Å². The minimum absolute atomic E-state index is 0.133. The SMILES string of the molecule is CC(C)c1cccc(NC(=O)CC(C)C2CCCNC2)c1. The highest BCUT2D eigenvalue weighted by Crippen LogP contribution is 2.23. The molecule has 1 amide bonds. The van der Waals surface area contributed by atoms with Gasteiger partial charge in [0.05, 0.1) is 0 Å². The molecule has 3 heteroatoms. The van der Waals surface area contributed by atoms with Crippen molar-refractivity contribution in [2.24, 2.45) is 11.8 Å². The first-order chi connectivity index (χ1) is 10.1. The van der Waals surface area contributed by atoms with E-state index in [9.17, 15) is 4.79 Å². The fourth-order valence-corrected chi connectivity index (χ4v) is 3.01. The van der Waals surface area contributed by atoms with E-state index in [2.05, 4.69) is 43.5 Å². The number of anilines is 1. The van der Waals surface area contributed by atoms with Gasteiger partial charge in [0.15, 0.2) is 0 Å². The molecule has 0 spiro atoms. The Kier molecular flexibility index (Phi) is 5.80. The number of amides is 1. The second-order valence-corrected chi connectivity index (χ2v) is 6.62. The molecule has 3 nitrogen and oxygen atoms in total. The molecule has 21 heavy (non-hydrogen) atoms. The largest absolute Gasteiger partial charge is 0.326 e. The number of hydrogen-bond acceptors (Lipinski definition) is 2. The molecular weight excluding hydrogens is 260 g/mol. The molecule has 0 aliphatic carbocycles. The smallest absolute Gasteiger partial charge is 0.224 e. The molecule has 116 valence electrons. The molecule has 1 heterocycles. The normalized spacial score (nSPS) is 20.3. The van der Waals surface area contributed by atoms with Crippen LogP contribution in [-0.2, 0) is 4.79 Å². The lowest BCUT2D eigenvalue weighted by atomic mass is 9.85. The third-order valence-electron chi connectivity index (χ3n) is 4.48. The zero-order valence-electron chi connectivity index (χ0n) is 13.5. The molecule has 0 aromatic heterocycles. The van der Waals surface area contributed by atoms with Crippen molar-refractivity contribution < 1.29 is 4.79 Å². The summed E-state index contributed by atoms with van der Waals surface area (Å²) in [7, 11) is 0.